The van der Waals surface area contributed by atoms with Gasteiger partial charge >= 0.3 is 0 Å². The molecular weight excluding hydrogens is 488 g/mol. The third-order valence-electron chi connectivity index (χ3n) is 7.36. The van der Waals surface area contributed by atoms with Gasteiger partial charge in [-0.15, -0.1) is 0 Å². The van der Waals surface area contributed by atoms with E-state index in [1.807, 2.05) is 72.8 Å². The number of hydrogen-bond donors (Lipinski definition) is 0. The van der Waals surface area contributed by atoms with Crippen molar-refractivity contribution in [2.24, 2.45) is 20.0 Å². The van der Waals surface area contributed by atoms with Gasteiger partial charge in [-0.25, -0.2) is 0 Å². The molecule has 4 unspecified atom stereocenters. The van der Waals surface area contributed by atoms with Gasteiger partial charge in [-0.2, -0.15) is 0 Å². The molecule has 0 N–H and O–H groups in total. The Labute approximate surface area is 238 Å². The topological polar surface area (TPSA) is 49.4 Å². The Morgan fingerprint density at radius 1 is 0.300 bits per heavy atom. The molecule has 4 heteroatoms. The van der Waals surface area contributed by atoms with Gasteiger partial charge < -0.3 is 0 Å². The first-order chi connectivity index (χ1) is 19.5. The van der Waals surface area contributed by atoms with E-state index in [0.717, 1.165) is 45.1 Å². The molecule has 0 aliphatic carbocycles. The Morgan fingerprint density at radius 2 is 0.475 bits per heavy atom. The lowest BCUT2D eigenvalue weighted by Gasteiger charge is -2.23. The van der Waals surface area contributed by atoms with Gasteiger partial charge in [-0.05, 0) is 27.7 Å². The van der Waals surface area contributed by atoms with Crippen LogP contribution in [0.5, 0.6) is 0 Å². The summed E-state index contributed by atoms with van der Waals surface area (Å²) in [6.07, 6.45) is 0. The molecule has 4 atom stereocenters. The van der Waals surface area contributed by atoms with E-state index in [4.69, 9.17) is 20.0 Å². The van der Waals surface area contributed by atoms with Crippen molar-refractivity contribution in [3.63, 3.8) is 0 Å². The zero-order valence-corrected chi connectivity index (χ0v) is 23.6. The fourth-order valence-electron chi connectivity index (χ4n) is 4.72. The van der Waals surface area contributed by atoms with Crippen molar-refractivity contribution in [3.8, 4) is 0 Å². The fraction of sp³-hybridized carbons (Fsp3) is 0.222. The van der Waals surface area contributed by atoms with Gasteiger partial charge in [0, 0.05) is 22.3 Å². The summed E-state index contributed by atoms with van der Waals surface area (Å²) in [5.41, 5.74) is 8.54. The van der Waals surface area contributed by atoms with Crippen LogP contribution in [-0.4, -0.2) is 47.0 Å². The average molecular weight is 525 g/mol. The molecule has 2 heterocycles. The number of nitrogens with zero attached hydrogens (tertiary/aromatic N) is 4. The predicted molar refractivity (Wildman–Crippen MR) is 170 cm³/mol. The van der Waals surface area contributed by atoms with Gasteiger partial charge in [0.25, 0.3) is 0 Å². The maximum atomic E-state index is 4.88. The molecule has 40 heavy (non-hydrogen) atoms. The van der Waals surface area contributed by atoms with Crippen LogP contribution in [0.25, 0.3) is 0 Å². The van der Waals surface area contributed by atoms with Crippen molar-refractivity contribution in [3.05, 3.63) is 144 Å². The molecule has 0 radical (unpaired) electrons. The normalized spacial score (nSPS) is 22.1. The lowest BCUT2D eigenvalue weighted by molar-refractivity contribution is 0.603. The molecule has 0 aromatic heterocycles. The minimum atomic E-state index is 0.220. The lowest BCUT2D eigenvalue weighted by atomic mass is 9.96. The van der Waals surface area contributed by atoms with Gasteiger partial charge in [0.15, 0.2) is 0 Å². The molecule has 2 aliphatic heterocycles. The summed E-state index contributed by atoms with van der Waals surface area (Å²) >= 11 is 0. The maximum absolute atomic E-state index is 4.88. The van der Waals surface area contributed by atoms with Crippen molar-refractivity contribution in [2.45, 2.75) is 51.9 Å². The summed E-state index contributed by atoms with van der Waals surface area (Å²) in [5, 5.41) is 0. The van der Waals surface area contributed by atoms with Crippen molar-refractivity contribution in [1.82, 2.24) is 0 Å². The summed E-state index contributed by atoms with van der Waals surface area (Å²) in [4.78, 5) is 19.5. The zero-order chi connectivity index (χ0) is 27.9. The molecule has 6 rings (SSSR count). The molecule has 4 nitrogen and oxygen atoms in total. The largest absolute Gasteiger partial charge is 0.277 e. The Morgan fingerprint density at radius 3 is 0.650 bits per heavy atom. The minimum Gasteiger partial charge on any atom is -0.277 e. The molecular formula is C36H36N4. The van der Waals surface area contributed by atoms with Crippen LogP contribution in [-0.2, 0) is 0 Å². The van der Waals surface area contributed by atoms with E-state index < -0.39 is 0 Å². The van der Waals surface area contributed by atoms with E-state index in [9.17, 15) is 0 Å². The highest BCUT2D eigenvalue weighted by molar-refractivity contribution is 6.54. The van der Waals surface area contributed by atoms with Gasteiger partial charge in [0.05, 0.1) is 47.0 Å². The van der Waals surface area contributed by atoms with Gasteiger partial charge in [-0.3, -0.25) is 20.0 Å². The number of hydrogen-bond acceptors (Lipinski definition) is 4. The number of benzene rings is 4. The number of aliphatic imine (C=N–C) groups is 4. The molecule has 0 amide bonds. The van der Waals surface area contributed by atoms with Crippen LogP contribution in [0.3, 0.4) is 0 Å². The summed E-state index contributed by atoms with van der Waals surface area (Å²) in [5.74, 6) is 0. The number of rotatable bonds is 4. The quantitative estimate of drug-likeness (QED) is 0.265. The highest BCUT2D eigenvalue weighted by atomic mass is 15.0. The average Bonchev–Trinajstić information content (AvgIpc) is 3.01. The van der Waals surface area contributed by atoms with Gasteiger partial charge in [0.1, 0.15) is 0 Å². The van der Waals surface area contributed by atoms with Crippen LogP contribution >= 0.6 is 0 Å². The van der Waals surface area contributed by atoms with Crippen molar-refractivity contribution in [2.75, 3.05) is 0 Å². The second-order valence-electron chi connectivity index (χ2n) is 10.3. The van der Waals surface area contributed by atoms with Crippen LogP contribution < -0.4 is 0 Å². The minimum absolute atomic E-state index is 0.220. The first kappa shape index (κ1) is 27.1. The summed E-state index contributed by atoms with van der Waals surface area (Å²) < 4.78 is 0. The molecule has 0 bridgehead atoms. The van der Waals surface area contributed by atoms with Crippen LogP contribution in [0.1, 0.15) is 49.9 Å². The van der Waals surface area contributed by atoms with Crippen LogP contribution in [0.2, 0.25) is 0 Å². The first-order valence-corrected chi connectivity index (χ1v) is 14.0. The molecule has 4 aromatic rings. The van der Waals surface area contributed by atoms with Crippen LogP contribution in [0, 0.1) is 0 Å². The van der Waals surface area contributed by atoms with E-state index in [1.54, 1.807) is 0 Å². The van der Waals surface area contributed by atoms with Crippen molar-refractivity contribution < 1.29 is 0 Å². The van der Waals surface area contributed by atoms with Crippen LogP contribution in [0.15, 0.2) is 141 Å². The highest BCUT2D eigenvalue weighted by Crippen LogP contribution is 2.20. The Balaban J connectivity index is 0.000000161. The maximum Gasteiger partial charge on any atom is 0.0909 e. The zero-order valence-electron chi connectivity index (χ0n) is 23.6. The molecule has 0 fully saturated rings. The lowest BCUT2D eigenvalue weighted by Crippen LogP contribution is -2.31. The SMILES string of the molecule is CC1N=C(c2ccccc2)C(c2ccccc2)=NC1C.CC1N=C(c2ccccc2)C(c2ccccc2)=NC1C. The Hall–Kier alpha value is -4.44. The predicted octanol–water partition coefficient (Wildman–Crippen LogP) is 7.51. The monoisotopic (exact) mass is 524 g/mol. The van der Waals surface area contributed by atoms with E-state index in [1.165, 1.54) is 0 Å². The third-order valence-corrected chi connectivity index (χ3v) is 7.36. The second-order valence-corrected chi connectivity index (χ2v) is 10.3. The van der Waals surface area contributed by atoms with E-state index in [2.05, 4.69) is 76.2 Å². The van der Waals surface area contributed by atoms with E-state index in [0.29, 0.717) is 0 Å². The molecule has 4 aromatic carbocycles. The fourth-order valence-corrected chi connectivity index (χ4v) is 4.72. The smallest absolute Gasteiger partial charge is 0.0909 e. The molecule has 200 valence electrons. The highest BCUT2D eigenvalue weighted by Gasteiger charge is 2.24. The molecule has 2 aliphatic rings. The second kappa shape index (κ2) is 12.6. The van der Waals surface area contributed by atoms with Gasteiger partial charge in [-0.1, -0.05) is 121 Å². The molecule has 0 spiro atoms. The summed E-state index contributed by atoms with van der Waals surface area (Å²) in [6, 6.07) is 42.1. The molecule has 0 saturated heterocycles. The standard InChI is InChI=1S/2C18H18N2/c2*1-13-14(2)20-18(16-11-7-4-8-12-16)17(19-13)15-9-5-3-6-10-15/h2*3-14H,1-2H3. The van der Waals surface area contributed by atoms with Crippen molar-refractivity contribution in [1.29, 1.82) is 0 Å². The first-order valence-electron chi connectivity index (χ1n) is 14.0. The van der Waals surface area contributed by atoms with Gasteiger partial charge in [0.2, 0.25) is 0 Å². The summed E-state index contributed by atoms with van der Waals surface area (Å²) in [6.45, 7) is 8.50. The van der Waals surface area contributed by atoms with Crippen molar-refractivity contribution >= 4 is 22.8 Å². The van der Waals surface area contributed by atoms with E-state index >= 15 is 0 Å². The molecule has 0 saturated carbocycles. The van der Waals surface area contributed by atoms with Crippen LogP contribution in [0.4, 0.5) is 0 Å². The Kier molecular flexibility index (Phi) is 8.56. The Bertz CT molecular complexity index is 1280. The summed E-state index contributed by atoms with van der Waals surface area (Å²) in [7, 11) is 0. The van der Waals surface area contributed by atoms with E-state index in [-0.39, 0.29) is 24.2 Å². The third kappa shape index (κ3) is 6.23.